The standard InChI is InChI=1S/C30H28N2O5S/c1-4-16-37-21-12-10-20(11-13-21)27(33)25-26(19-8-6-18(3)7-9-19)32(29(35)28(25)34)30-31-23-15-14-22(36-5-2)17-24(23)38-30/h6-15,17,26,33H,4-5,16H2,1-3H3. The Hall–Kier alpha value is -4.17. The third-order valence-electron chi connectivity index (χ3n) is 6.30. The second kappa shape index (κ2) is 10.7. The Morgan fingerprint density at radius 3 is 2.37 bits per heavy atom. The van der Waals surface area contributed by atoms with Crippen LogP contribution < -0.4 is 14.4 Å². The molecule has 1 atom stereocenters. The molecule has 8 heteroatoms. The molecule has 7 nitrogen and oxygen atoms in total. The van der Waals surface area contributed by atoms with E-state index < -0.39 is 17.7 Å². The minimum Gasteiger partial charge on any atom is -0.507 e. The number of anilines is 1. The SMILES string of the molecule is CCCOc1ccc(C(O)=C2C(=O)C(=O)N(c3nc4ccc(OCC)cc4s3)C2c2ccc(C)cc2)cc1. The molecule has 0 aliphatic carbocycles. The van der Waals surface area contributed by atoms with Crippen molar-refractivity contribution in [2.45, 2.75) is 33.2 Å². The van der Waals surface area contributed by atoms with E-state index in [1.54, 1.807) is 24.3 Å². The second-order valence-electron chi connectivity index (χ2n) is 9.01. The van der Waals surface area contributed by atoms with Gasteiger partial charge in [0.1, 0.15) is 17.3 Å². The van der Waals surface area contributed by atoms with Crippen LogP contribution in [0.3, 0.4) is 0 Å². The van der Waals surface area contributed by atoms with Crippen molar-refractivity contribution in [3.05, 3.63) is 89.0 Å². The number of nitrogens with zero attached hydrogens (tertiary/aromatic N) is 2. The van der Waals surface area contributed by atoms with Crippen molar-refractivity contribution in [2.24, 2.45) is 0 Å². The molecular formula is C30H28N2O5S. The number of carbonyl (C=O) groups is 2. The number of aliphatic hydroxyl groups is 1. The molecule has 1 unspecified atom stereocenters. The van der Waals surface area contributed by atoms with Gasteiger partial charge in [0.25, 0.3) is 5.78 Å². The molecule has 3 aromatic carbocycles. The summed E-state index contributed by atoms with van der Waals surface area (Å²) < 4.78 is 12.1. The molecule has 194 valence electrons. The van der Waals surface area contributed by atoms with Crippen LogP contribution in [0.2, 0.25) is 0 Å². The summed E-state index contributed by atoms with van der Waals surface area (Å²) in [6.07, 6.45) is 0.875. The second-order valence-corrected chi connectivity index (χ2v) is 10.0. The first-order chi connectivity index (χ1) is 18.4. The summed E-state index contributed by atoms with van der Waals surface area (Å²) in [6.45, 7) is 7.01. The molecule has 38 heavy (non-hydrogen) atoms. The molecule has 1 saturated heterocycles. The number of benzene rings is 3. The summed E-state index contributed by atoms with van der Waals surface area (Å²) in [6, 6.07) is 19.1. The van der Waals surface area contributed by atoms with Gasteiger partial charge in [-0.3, -0.25) is 14.5 Å². The summed E-state index contributed by atoms with van der Waals surface area (Å²) >= 11 is 1.30. The number of rotatable bonds is 8. The Balaban J connectivity index is 1.62. The highest BCUT2D eigenvalue weighted by Gasteiger charge is 2.48. The lowest BCUT2D eigenvalue weighted by atomic mass is 9.95. The van der Waals surface area contributed by atoms with Gasteiger partial charge in [0.05, 0.1) is 35.0 Å². The third-order valence-corrected chi connectivity index (χ3v) is 7.32. The quantitative estimate of drug-likeness (QED) is 0.161. The van der Waals surface area contributed by atoms with Gasteiger partial charge in [0, 0.05) is 5.56 Å². The molecule has 1 amide bonds. The van der Waals surface area contributed by atoms with Crippen LogP contribution in [0.15, 0.2) is 72.3 Å². The highest BCUT2D eigenvalue weighted by Crippen LogP contribution is 2.44. The van der Waals surface area contributed by atoms with Gasteiger partial charge in [-0.2, -0.15) is 0 Å². The molecule has 0 saturated carbocycles. The van der Waals surface area contributed by atoms with E-state index in [-0.39, 0.29) is 11.3 Å². The van der Waals surface area contributed by atoms with E-state index in [1.165, 1.54) is 16.2 Å². The van der Waals surface area contributed by atoms with Crippen LogP contribution in [0.4, 0.5) is 5.13 Å². The van der Waals surface area contributed by atoms with Crippen molar-refractivity contribution in [2.75, 3.05) is 18.1 Å². The number of aryl methyl sites for hydroxylation is 1. The fourth-order valence-electron chi connectivity index (χ4n) is 4.43. The van der Waals surface area contributed by atoms with Gasteiger partial charge in [-0.25, -0.2) is 4.98 Å². The third kappa shape index (κ3) is 4.75. The van der Waals surface area contributed by atoms with Gasteiger partial charge >= 0.3 is 5.91 Å². The van der Waals surface area contributed by atoms with E-state index in [2.05, 4.69) is 4.98 Å². The zero-order valence-electron chi connectivity index (χ0n) is 21.4. The molecule has 1 aliphatic rings. The van der Waals surface area contributed by atoms with Crippen LogP contribution in [-0.4, -0.2) is 35.0 Å². The van der Waals surface area contributed by atoms with Crippen molar-refractivity contribution in [1.29, 1.82) is 0 Å². The first kappa shape index (κ1) is 25.5. The molecule has 1 aliphatic heterocycles. The number of aliphatic hydroxyl groups excluding tert-OH is 1. The molecule has 5 rings (SSSR count). The smallest absolute Gasteiger partial charge is 0.301 e. The average molecular weight is 529 g/mol. The Kier molecular flexibility index (Phi) is 7.15. The van der Waals surface area contributed by atoms with E-state index in [9.17, 15) is 14.7 Å². The molecule has 2 heterocycles. The van der Waals surface area contributed by atoms with Crippen LogP contribution in [0.1, 0.15) is 43.0 Å². The molecule has 0 bridgehead atoms. The Morgan fingerprint density at radius 1 is 0.974 bits per heavy atom. The minimum absolute atomic E-state index is 0.0235. The number of hydrogen-bond acceptors (Lipinski definition) is 7. The average Bonchev–Trinajstić information content (AvgIpc) is 3.45. The topological polar surface area (TPSA) is 89.0 Å². The van der Waals surface area contributed by atoms with E-state index in [0.717, 1.165) is 16.7 Å². The van der Waals surface area contributed by atoms with Crippen LogP contribution in [-0.2, 0) is 9.59 Å². The van der Waals surface area contributed by atoms with Crippen molar-refractivity contribution in [3.63, 3.8) is 0 Å². The van der Waals surface area contributed by atoms with E-state index in [4.69, 9.17) is 9.47 Å². The Bertz CT molecular complexity index is 1520. The van der Waals surface area contributed by atoms with Crippen LogP contribution in [0.25, 0.3) is 16.0 Å². The lowest BCUT2D eigenvalue weighted by Crippen LogP contribution is -2.29. The zero-order valence-corrected chi connectivity index (χ0v) is 22.2. The molecule has 1 N–H and O–H groups in total. The zero-order chi connectivity index (χ0) is 26.8. The first-order valence-corrected chi connectivity index (χ1v) is 13.4. The lowest BCUT2D eigenvalue weighted by Gasteiger charge is -2.23. The number of carbonyl (C=O) groups excluding carboxylic acids is 2. The van der Waals surface area contributed by atoms with Gasteiger partial charge in [0.2, 0.25) is 0 Å². The van der Waals surface area contributed by atoms with Crippen LogP contribution >= 0.6 is 11.3 Å². The number of ether oxygens (including phenoxy) is 2. The maximum Gasteiger partial charge on any atom is 0.301 e. The van der Waals surface area contributed by atoms with E-state index in [1.807, 2.05) is 63.2 Å². The van der Waals surface area contributed by atoms with Crippen molar-refractivity contribution >= 4 is 44.1 Å². The lowest BCUT2D eigenvalue weighted by molar-refractivity contribution is -0.132. The summed E-state index contributed by atoms with van der Waals surface area (Å²) in [5.41, 5.74) is 2.89. The predicted molar refractivity (Wildman–Crippen MR) is 149 cm³/mol. The largest absolute Gasteiger partial charge is 0.507 e. The summed E-state index contributed by atoms with van der Waals surface area (Å²) in [7, 11) is 0. The number of hydrogen-bond donors (Lipinski definition) is 1. The van der Waals surface area contributed by atoms with Crippen molar-refractivity contribution < 1.29 is 24.2 Å². The van der Waals surface area contributed by atoms with E-state index in [0.29, 0.717) is 46.5 Å². The van der Waals surface area contributed by atoms with Gasteiger partial charge in [-0.1, -0.05) is 48.1 Å². The van der Waals surface area contributed by atoms with Crippen molar-refractivity contribution in [3.8, 4) is 11.5 Å². The highest BCUT2D eigenvalue weighted by molar-refractivity contribution is 7.22. The van der Waals surface area contributed by atoms with Gasteiger partial charge in [0.15, 0.2) is 5.13 Å². The Labute approximate surface area is 225 Å². The number of fused-ring (bicyclic) bond motifs is 1. The van der Waals surface area contributed by atoms with Gasteiger partial charge in [-0.15, -0.1) is 0 Å². The number of Topliss-reactive ketones (excluding diaryl/α,β-unsaturated/α-hetero) is 1. The maximum absolute atomic E-state index is 13.5. The minimum atomic E-state index is -0.835. The van der Waals surface area contributed by atoms with E-state index >= 15 is 0 Å². The van der Waals surface area contributed by atoms with Gasteiger partial charge in [-0.05, 0) is 68.3 Å². The Morgan fingerprint density at radius 2 is 1.68 bits per heavy atom. The van der Waals surface area contributed by atoms with Crippen LogP contribution in [0, 0.1) is 6.92 Å². The highest BCUT2D eigenvalue weighted by atomic mass is 32.1. The van der Waals surface area contributed by atoms with Crippen molar-refractivity contribution in [1.82, 2.24) is 4.98 Å². The molecule has 1 aromatic heterocycles. The molecular weight excluding hydrogens is 500 g/mol. The summed E-state index contributed by atoms with van der Waals surface area (Å²) in [5.74, 6) is -0.352. The molecule has 0 radical (unpaired) electrons. The number of thiazole rings is 1. The molecule has 0 spiro atoms. The van der Waals surface area contributed by atoms with Gasteiger partial charge < -0.3 is 14.6 Å². The number of ketones is 1. The number of aromatic nitrogens is 1. The first-order valence-electron chi connectivity index (χ1n) is 12.6. The normalized spacial score (nSPS) is 16.8. The fraction of sp³-hybridized carbons (Fsp3) is 0.233. The maximum atomic E-state index is 13.5. The molecule has 4 aromatic rings. The fourth-order valence-corrected chi connectivity index (χ4v) is 5.45. The summed E-state index contributed by atoms with van der Waals surface area (Å²) in [4.78, 5) is 33.0. The monoisotopic (exact) mass is 528 g/mol. The predicted octanol–water partition coefficient (Wildman–Crippen LogP) is 6.42. The van der Waals surface area contributed by atoms with Crippen LogP contribution in [0.5, 0.6) is 11.5 Å². The molecule has 1 fully saturated rings. The summed E-state index contributed by atoms with van der Waals surface area (Å²) in [5, 5.41) is 11.7. The number of amides is 1.